The summed E-state index contributed by atoms with van der Waals surface area (Å²) in [6.07, 6.45) is 33.4. The molecule has 7 aromatic carbocycles. The highest BCUT2D eigenvalue weighted by Crippen LogP contribution is 2.69. The molecule has 21 rings (SSSR count). The molecule has 0 radical (unpaired) electrons. The number of hydrogen-bond donors (Lipinski definition) is 0. The smallest absolute Gasteiger partial charge is 0.197 e. The molecule has 14 fully saturated rings. The minimum atomic E-state index is -0.365. The number of allylic oxidation sites excluding steroid dienone is 4. The Morgan fingerprint density at radius 3 is 1.16 bits per heavy atom. The summed E-state index contributed by atoms with van der Waals surface area (Å²) in [5.74, 6) is 22.5. The van der Waals surface area contributed by atoms with E-state index in [0.717, 1.165) is 211 Å². The van der Waals surface area contributed by atoms with Gasteiger partial charge in [0.05, 0.1) is 32.0 Å². The second kappa shape index (κ2) is 42.0. The van der Waals surface area contributed by atoms with Crippen molar-refractivity contribution in [2.45, 2.75) is 247 Å². The van der Waals surface area contributed by atoms with E-state index in [2.05, 4.69) is 57.2 Å². The van der Waals surface area contributed by atoms with Crippen LogP contribution in [0.3, 0.4) is 0 Å². The Labute approximate surface area is 743 Å². The monoisotopic (exact) mass is 1680 g/mol. The van der Waals surface area contributed by atoms with Gasteiger partial charge in [-0.25, -0.2) is 0 Å². The molecule has 0 aromatic heterocycles. The molecule has 14 saturated carbocycles. The third-order valence-corrected chi connectivity index (χ3v) is 30.1. The lowest BCUT2D eigenvalue weighted by molar-refractivity contribution is -0.225. The SMILES string of the molecule is C=C(C)c1ccc(OC(C)OCC23CC4CC(CC(C4)C2)C3)cc1.C=C(C)c1ccc(OC(C)OCCC2CC3CC2C2C4CCC(C4)C32)cc1.C=C(C)c1ccc(OC(C)OCCC2CC3CCC2C3)cc1.C=C(C)c1ccc(OC(C)OCCOc2ccc(Oc3ccccc3)cc2)cc1.C=Cc1ccc(OC(C)OC23CC4CC(CC(C4)C2)C3)cc1. The van der Waals surface area contributed by atoms with Gasteiger partial charge in [-0.2, -0.15) is 0 Å². The van der Waals surface area contributed by atoms with E-state index >= 15 is 0 Å². The van der Waals surface area contributed by atoms with Gasteiger partial charge in [-0.05, 0) is 429 Å². The van der Waals surface area contributed by atoms with Crippen LogP contribution in [0.1, 0.15) is 238 Å². The van der Waals surface area contributed by atoms with Crippen LogP contribution >= 0.6 is 0 Å². The van der Waals surface area contributed by atoms with Crippen molar-refractivity contribution in [1.29, 1.82) is 0 Å². The molecule has 664 valence electrons. The fourth-order valence-electron chi connectivity index (χ4n) is 25.5. The molecule has 0 saturated heterocycles. The van der Waals surface area contributed by atoms with Crippen molar-refractivity contribution < 1.29 is 56.8 Å². The summed E-state index contributed by atoms with van der Waals surface area (Å²) in [6, 6.07) is 57.4. The van der Waals surface area contributed by atoms with Crippen molar-refractivity contribution in [3.8, 4) is 46.0 Å². The van der Waals surface area contributed by atoms with Crippen LogP contribution in [0.2, 0.25) is 0 Å². The molecule has 12 nitrogen and oxygen atoms in total. The molecule has 124 heavy (non-hydrogen) atoms. The van der Waals surface area contributed by atoms with E-state index in [4.69, 9.17) is 56.8 Å². The summed E-state index contributed by atoms with van der Waals surface area (Å²) in [5, 5.41) is 0. The van der Waals surface area contributed by atoms with Gasteiger partial charge >= 0.3 is 0 Å². The summed E-state index contributed by atoms with van der Waals surface area (Å²) >= 11 is 0. The molecule has 0 heterocycles. The number of rotatable bonds is 35. The Kier molecular flexibility index (Phi) is 30.7. The summed E-state index contributed by atoms with van der Waals surface area (Å²) in [6.45, 7) is 40.9. The molecule has 15 atom stereocenters. The average molecular weight is 1680 g/mol. The minimum Gasteiger partial charge on any atom is -0.491 e. The van der Waals surface area contributed by atoms with Crippen LogP contribution in [0, 0.1) is 100 Å². The molecular weight excluding hydrogens is 1540 g/mol. The van der Waals surface area contributed by atoms with Crippen LogP contribution in [0.15, 0.2) is 209 Å². The van der Waals surface area contributed by atoms with Crippen molar-refractivity contribution in [2.24, 2.45) is 100 Å². The summed E-state index contributed by atoms with van der Waals surface area (Å²) < 4.78 is 71.1. The lowest BCUT2D eigenvalue weighted by atomic mass is 9.50. The van der Waals surface area contributed by atoms with Gasteiger partial charge in [0, 0.05) is 0 Å². The lowest BCUT2D eigenvalue weighted by Gasteiger charge is -2.56. The van der Waals surface area contributed by atoms with Gasteiger partial charge in [-0.3, -0.25) is 0 Å². The molecule has 15 unspecified atom stereocenters. The molecule has 0 amide bonds. The fourth-order valence-corrected chi connectivity index (χ4v) is 25.5. The van der Waals surface area contributed by atoms with Gasteiger partial charge in [0.2, 0.25) is 0 Å². The summed E-state index contributed by atoms with van der Waals surface area (Å²) in [7, 11) is 0. The van der Waals surface area contributed by atoms with E-state index in [-0.39, 0.29) is 37.1 Å². The van der Waals surface area contributed by atoms with E-state index in [9.17, 15) is 0 Å². The van der Waals surface area contributed by atoms with Gasteiger partial charge in [0.25, 0.3) is 0 Å². The maximum absolute atomic E-state index is 6.47. The first-order chi connectivity index (χ1) is 60.0. The third kappa shape index (κ3) is 24.3. The molecule has 14 bridgehead atoms. The molecule has 0 N–H and O–H groups in total. The lowest BCUT2D eigenvalue weighted by Crippen LogP contribution is -2.53. The third-order valence-electron chi connectivity index (χ3n) is 30.1. The second-order valence-electron chi connectivity index (χ2n) is 39.9. The van der Waals surface area contributed by atoms with Crippen molar-refractivity contribution in [3.63, 3.8) is 0 Å². The van der Waals surface area contributed by atoms with E-state index in [1.807, 2.05) is 220 Å². The Hall–Kier alpha value is -8.36. The van der Waals surface area contributed by atoms with E-state index in [1.54, 1.807) is 12.8 Å². The first-order valence-corrected chi connectivity index (χ1v) is 47.7. The number of hydrogen-bond acceptors (Lipinski definition) is 12. The quantitative estimate of drug-likeness (QED) is 0.0214. The molecule has 14 aliphatic carbocycles. The van der Waals surface area contributed by atoms with Crippen LogP contribution in [0.4, 0.5) is 0 Å². The Bertz CT molecular complexity index is 4500. The predicted octanol–water partition coefficient (Wildman–Crippen LogP) is 28.5. The van der Waals surface area contributed by atoms with Crippen molar-refractivity contribution in [1.82, 2.24) is 0 Å². The van der Waals surface area contributed by atoms with E-state index < -0.39 is 0 Å². The Balaban J connectivity index is 0.000000120. The van der Waals surface area contributed by atoms with Crippen molar-refractivity contribution in [3.05, 3.63) is 237 Å². The van der Waals surface area contributed by atoms with Crippen LogP contribution in [-0.2, 0) is 23.7 Å². The molecule has 12 heteroatoms. The number of fused-ring (bicyclic) bond motifs is 11. The molecular formula is C112H144O12. The summed E-state index contributed by atoms with van der Waals surface area (Å²) in [5.41, 5.74) is 10.5. The molecule has 0 aliphatic heterocycles. The normalized spacial score (nSPS) is 29.6. The van der Waals surface area contributed by atoms with Gasteiger partial charge in [-0.15, -0.1) is 0 Å². The largest absolute Gasteiger partial charge is 0.491 e. The van der Waals surface area contributed by atoms with Gasteiger partial charge in [0.1, 0.15) is 52.6 Å². The number of para-hydroxylation sites is 1. The number of benzene rings is 7. The zero-order valence-electron chi connectivity index (χ0n) is 76.2. The topological polar surface area (TPSA) is 111 Å². The van der Waals surface area contributed by atoms with Crippen molar-refractivity contribution in [2.75, 3.05) is 33.0 Å². The van der Waals surface area contributed by atoms with E-state index in [0.29, 0.717) is 18.6 Å². The average Bonchev–Trinajstić information content (AvgIpc) is 1.52. The van der Waals surface area contributed by atoms with Gasteiger partial charge < -0.3 is 56.8 Å². The summed E-state index contributed by atoms with van der Waals surface area (Å²) in [4.78, 5) is 0. The second-order valence-corrected chi connectivity index (χ2v) is 39.9. The van der Waals surface area contributed by atoms with Gasteiger partial charge in [-0.1, -0.05) is 147 Å². The first kappa shape index (κ1) is 90.4. The number of ether oxygens (including phenoxy) is 12. The molecule has 14 aliphatic rings. The first-order valence-electron chi connectivity index (χ1n) is 47.7. The standard InChI is InChI=1S/C25H26O4.C25H34O2.C22H30O2.C20H26O2.C20H28O2/c1-19(2)21-9-11-24(12-10-21)28-20(3)26-17-18-27-22-13-15-25(16-14-22)29-23-7-5-4-6-8-23;1-15(2)17-6-8-22(9-7-17)27-16(3)26-11-10-18-12-21-14-23(18)25-20-5-4-19(13-20)24(21)25;1-15(2)20-4-6-21(7-5-20)24-16(3)23-14-22-11-17-8-18(12-22)10-19(9-17)13-22;1-3-15-4-6-19(7-5-15)21-14(2)22-20-11-16-8-17(12-20)10-18(9-16)13-20;1-14(2)17-6-8-20(9-7-17)22-15(3)21-11-10-19-13-16-4-5-18(19)12-16/h4-16,20H,1,17-18H2,2-3H3;6-9,16,18-21,23-25H,1,4-5,10-14H2,2-3H3;4-7,16-19H,1,8-14H2,2-3H3;3-7,14,16-18H,1,8-13H2,2H3;6-9,15-16,18-19H,1,4-5,10-13H2,2-3H3. The van der Waals surface area contributed by atoms with Crippen LogP contribution in [-0.4, -0.2) is 70.1 Å². The maximum atomic E-state index is 6.47. The van der Waals surface area contributed by atoms with Crippen molar-refractivity contribution >= 4 is 28.4 Å². The Morgan fingerprint density at radius 1 is 0.339 bits per heavy atom. The van der Waals surface area contributed by atoms with Gasteiger partial charge in [0.15, 0.2) is 31.5 Å². The minimum absolute atomic E-state index is 0.106. The zero-order chi connectivity index (χ0) is 86.4. The molecule has 7 aromatic rings. The maximum Gasteiger partial charge on any atom is 0.197 e. The Morgan fingerprint density at radius 2 is 0.726 bits per heavy atom. The van der Waals surface area contributed by atoms with Crippen LogP contribution in [0.5, 0.6) is 46.0 Å². The van der Waals surface area contributed by atoms with Crippen LogP contribution < -0.4 is 33.2 Å². The molecule has 0 spiro atoms. The van der Waals surface area contributed by atoms with Crippen LogP contribution in [0.25, 0.3) is 28.4 Å². The predicted molar refractivity (Wildman–Crippen MR) is 502 cm³/mol. The van der Waals surface area contributed by atoms with E-state index in [1.165, 1.54) is 135 Å². The fraction of sp³-hybridized carbons (Fsp3) is 0.536. The highest BCUT2D eigenvalue weighted by Gasteiger charge is 2.62. The highest BCUT2D eigenvalue weighted by molar-refractivity contribution is 5.64. The highest BCUT2D eigenvalue weighted by atomic mass is 16.7. The zero-order valence-corrected chi connectivity index (χ0v) is 76.2.